The number of rotatable bonds is 4. The van der Waals surface area contributed by atoms with Crippen LogP contribution in [0.4, 0.5) is 0 Å². The largest absolute Gasteiger partial charge is 0.313 e. The summed E-state index contributed by atoms with van der Waals surface area (Å²) in [6.45, 7) is 0. The normalized spacial score (nSPS) is 12.3. The predicted octanol–water partition coefficient (Wildman–Crippen LogP) is 1.98. The van der Waals surface area contributed by atoms with E-state index in [1.807, 2.05) is 19.2 Å². The Bertz CT molecular complexity index is 414. The summed E-state index contributed by atoms with van der Waals surface area (Å²) in [5, 5.41) is 3.31. The second-order valence-corrected chi connectivity index (χ2v) is 3.66. The van der Waals surface area contributed by atoms with Crippen LogP contribution in [0.5, 0.6) is 0 Å². The van der Waals surface area contributed by atoms with Crippen molar-refractivity contribution >= 4 is 0 Å². The Morgan fingerprint density at radius 3 is 2.62 bits per heavy atom. The van der Waals surface area contributed by atoms with Gasteiger partial charge in [0, 0.05) is 24.4 Å². The minimum absolute atomic E-state index is 0.302. The molecule has 0 spiro atoms. The predicted molar refractivity (Wildman–Crippen MR) is 64.0 cm³/mol. The number of hydrogen-bond donors (Lipinski definition) is 1. The molecule has 82 valence electrons. The molecular weight excluding hydrogens is 198 g/mol. The number of aromatic nitrogens is 2. The summed E-state index contributed by atoms with van der Waals surface area (Å²) in [4.78, 5) is 8.16. The van der Waals surface area contributed by atoms with Gasteiger partial charge in [0.1, 0.15) is 6.33 Å². The molecule has 0 amide bonds. The Labute approximate surface area is 95.6 Å². The van der Waals surface area contributed by atoms with E-state index in [4.69, 9.17) is 0 Å². The van der Waals surface area contributed by atoms with E-state index in [0.717, 1.165) is 12.1 Å². The second-order valence-electron chi connectivity index (χ2n) is 3.66. The topological polar surface area (TPSA) is 37.8 Å². The molecule has 0 bridgehead atoms. The van der Waals surface area contributed by atoms with Crippen LogP contribution in [0.25, 0.3) is 0 Å². The number of likely N-dealkylation sites (N-methyl/N-ethyl adjacent to an activating group) is 1. The van der Waals surface area contributed by atoms with Crippen LogP contribution in [0.3, 0.4) is 0 Å². The molecule has 0 radical (unpaired) electrons. The molecule has 2 aromatic rings. The van der Waals surface area contributed by atoms with Crippen LogP contribution in [0, 0.1) is 0 Å². The zero-order valence-electron chi connectivity index (χ0n) is 9.30. The fourth-order valence-electron chi connectivity index (χ4n) is 1.72. The van der Waals surface area contributed by atoms with E-state index in [2.05, 4.69) is 39.6 Å². The average molecular weight is 213 g/mol. The number of nitrogens with one attached hydrogen (secondary N) is 1. The van der Waals surface area contributed by atoms with Crippen molar-refractivity contribution in [2.75, 3.05) is 7.05 Å². The number of nitrogens with zero attached hydrogens (tertiary/aromatic N) is 2. The van der Waals surface area contributed by atoms with Crippen LogP contribution >= 0.6 is 0 Å². The average Bonchev–Trinajstić information content (AvgIpc) is 2.38. The monoisotopic (exact) mass is 213 g/mol. The summed E-state index contributed by atoms with van der Waals surface area (Å²) in [5.41, 5.74) is 2.34. The first-order chi connectivity index (χ1) is 7.90. The van der Waals surface area contributed by atoms with Crippen molar-refractivity contribution in [3.05, 3.63) is 60.2 Å². The lowest BCUT2D eigenvalue weighted by molar-refractivity contribution is 0.583. The van der Waals surface area contributed by atoms with E-state index in [-0.39, 0.29) is 0 Å². The summed E-state index contributed by atoms with van der Waals surface area (Å²) < 4.78 is 0. The van der Waals surface area contributed by atoms with Crippen molar-refractivity contribution < 1.29 is 0 Å². The van der Waals surface area contributed by atoms with E-state index in [1.165, 1.54) is 5.56 Å². The van der Waals surface area contributed by atoms with Crippen LogP contribution in [-0.4, -0.2) is 17.0 Å². The zero-order chi connectivity index (χ0) is 11.2. The lowest BCUT2D eigenvalue weighted by atomic mass is 10.0. The maximum atomic E-state index is 4.24. The minimum atomic E-state index is 0.302. The van der Waals surface area contributed by atoms with Crippen molar-refractivity contribution in [1.29, 1.82) is 0 Å². The smallest absolute Gasteiger partial charge is 0.115 e. The Morgan fingerprint density at radius 1 is 1.19 bits per heavy atom. The first-order valence-electron chi connectivity index (χ1n) is 5.37. The Hall–Kier alpha value is -1.74. The summed E-state index contributed by atoms with van der Waals surface area (Å²) in [5.74, 6) is 0. The summed E-state index contributed by atoms with van der Waals surface area (Å²) >= 11 is 0. The van der Waals surface area contributed by atoms with Gasteiger partial charge < -0.3 is 5.32 Å². The Kier molecular flexibility index (Phi) is 3.62. The molecule has 2 rings (SSSR count). The van der Waals surface area contributed by atoms with Gasteiger partial charge in [-0.1, -0.05) is 30.3 Å². The van der Waals surface area contributed by atoms with Gasteiger partial charge >= 0.3 is 0 Å². The van der Waals surface area contributed by atoms with E-state index in [0.29, 0.717) is 6.04 Å². The van der Waals surface area contributed by atoms with Gasteiger partial charge in [0.25, 0.3) is 0 Å². The molecule has 3 heteroatoms. The van der Waals surface area contributed by atoms with Gasteiger partial charge in [0.2, 0.25) is 0 Å². The SMILES string of the molecule is CNC(Cc1ccncn1)c1ccccc1. The molecule has 1 aromatic carbocycles. The van der Waals surface area contributed by atoms with Crippen LogP contribution in [0.2, 0.25) is 0 Å². The molecule has 16 heavy (non-hydrogen) atoms. The standard InChI is InChI=1S/C13H15N3/c1-14-13(11-5-3-2-4-6-11)9-12-7-8-15-10-16-12/h2-8,10,13-14H,9H2,1H3. The third kappa shape index (κ3) is 2.64. The van der Waals surface area contributed by atoms with Gasteiger partial charge in [-0.25, -0.2) is 9.97 Å². The highest BCUT2D eigenvalue weighted by Crippen LogP contribution is 2.16. The molecule has 1 unspecified atom stereocenters. The summed E-state index contributed by atoms with van der Waals surface area (Å²) in [7, 11) is 1.97. The molecule has 0 saturated carbocycles. The molecule has 0 aliphatic carbocycles. The maximum Gasteiger partial charge on any atom is 0.115 e. The van der Waals surface area contributed by atoms with E-state index < -0.39 is 0 Å². The fraction of sp³-hybridized carbons (Fsp3) is 0.231. The first-order valence-corrected chi connectivity index (χ1v) is 5.37. The van der Waals surface area contributed by atoms with Gasteiger partial charge in [-0.3, -0.25) is 0 Å². The third-order valence-corrected chi connectivity index (χ3v) is 2.61. The molecule has 3 nitrogen and oxygen atoms in total. The van der Waals surface area contributed by atoms with Crippen molar-refractivity contribution in [3.8, 4) is 0 Å². The Balaban J connectivity index is 2.13. The van der Waals surface area contributed by atoms with Crippen LogP contribution in [-0.2, 0) is 6.42 Å². The zero-order valence-corrected chi connectivity index (χ0v) is 9.30. The van der Waals surface area contributed by atoms with Gasteiger partial charge in [-0.15, -0.1) is 0 Å². The highest BCUT2D eigenvalue weighted by Gasteiger charge is 2.09. The Morgan fingerprint density at radius 2 is 2.00 bits per heavy atom. The van der Waals surface area contributed by atoms with E-state index in [1.54, 1.807) is 12.5 Å². The summed E-state index contributed by atoms with van der Waals surface area (Å²) in [6, 6.07) is 12.6. The van der Waals surface area contributed by atoms with Crippen LogP contribution in [0.15, 0.2) is 48.9 Å². The number of hydrogen-bond acceptors (Lipinski definition) is 3. The molecule has 1 atom stereocenters. The molecule has 1 heterocycles. The summed E-state index contributed by atoms with van der Waals surface area (Å²) in [6.07, 6.45) is 4.25. The quantitative estimate of drug-likeness (QED) is 0.844. The van der Waals surface area contributed by atoms with Crippen molar-refractivity contribution in [1.82, 2.24) is 15.3 Å². The molecule has 1 aromatic heterocycles. The molecule has 0 aliphatic rings. The highest BCUT2D eigenvalue weighted by molar-refractivity contribution is 5.20. The van der Waals surface area contributed by atoms with Crippen LogP contribution < -0.4 is 5.32 Å². The molecule has 0 fully saturated rings. The highest BCUT2D eigenvalue weighted by atomic mass is 14.9. The maximum absolute atomic E-state index is 4.24. The van der Waals surface area contributed by atoms with Gasteiger partial charge in [-0.2, -0.15) is 0 Å². The van der Waals surface area contributed by atoms with Crippen LogP contribution in [0.1, 0.15) is 17.3 Å². The first kappa shape index (κ1) is 10.8. The second kappa shape index (κ2) is 5.37. The van der Waals surface area contributed by atoms with Crippen molar-refractivity contribution in [2.24, 2.45) is 0 Å². The van der Waals surface area contributed by atoms with E-state index >= 15 is 0 Å². The fourth-order valence-corrected chi connectivity index (χ4v) is 1.72. The van der Waals surface area contributed by atoms with Gasteiger partial charge in [-0.05, 0) is 18.7 Å². The lowest BCUT2D eigenvalue weighted by Crippen LogP contribution is -2.19. The number of benzene rings is 1. The van der Waals surface area contributed by atoms with Gasteiger partial charge in [0.05, 0.1) is 0 Å². The molecule has 0 saturated heterocycles. The van der Waals surface area contributed by atoms with Gasteiger partial charge in [0.15, 0.2) is 0 Å². The van der Waals surface area contributed by atoms with Crippen molar-refractivity contribution in [2.45, 2.75) is 12.5 Å². The minimum Gasteiger partial charge on any atom is -0.313 e. The molecular formula is C13H15N3. The van der Waals surface area contributed by atoms with Crippen molar-refractivity contribution in [3.63, 3.8) is 0 Å². The molecule has 1 N–H and O–H groups in total. The lowest BCUT2D eigenvalue weighted by Gasteiger charge is -2.15. The van der Waals surface area contributed by atoms with E-state index in [9.17, 15) is 0 Å². The third-order valence-electron chi connectivity index (χ3n) is 2.61. The molecule has 0 aliphatic heterocycles.